The van der Waals surface area contributed by atoms with Crippen LogP contribution >= 0.6 is 0 Å². The molecule has 4 aromatic rings. The fraction of sp³-hybridized carbons (Fsp3) is 0.459. The van der Waals surface area contributed by atoms with Gasteiger partial charge in [0, 0.05) is 38.3 Å². The van der Waals surface area contributed by atoms with E-state index in [1.165, 1.54) is 36.6 Å². The molecule has 3 fully saturated rings. The molecule has 1 aromatic heterocycles. The number of nitrogens with zero attached hydrogens (tertiary/aromatic N) is 4. The standard InChI is InChI=1S/C37H43F2N5O/c1-25-41-33-8-3-4-9-34(33)44(25)32-23-30-14-15-31(24-32)43(30)21-18-37(27-6-5-7-29(39)22-27)16-19-42(20-17-37)35(36(45)40-2)26-10-12-28(38)13-11-26/h3-13,22,30-32,35H,14-21,23-24H2,1-2H3,(H,40,45)/t30-,31+,32?,35?. The number of amides is 1. The number of rotatable bonds is 8. The summed E-state index contributed by atoms with van der Waals surface area (Å²) in [5.41, 5.74) is 3.98. The van der Waals surface area contributed by atoms with Crippen LogP contribution in [0.2, 0.25) is 0 Å². The number of benzene rings is 3. The first-order chi connectivity index (χ1) is 21.8. The van der Waals surface area contributed by atoms with Crippen molar-refractivity contribution in [3.8, 4) is 0 Å². The van der Waals surface area contributed by atoms with Crippen LogP contribution in [-0.2, 0) is 10.2 Å². The maximum Gasteiger partial charge on any atom is 0.241 e. The normalized spacial score (nSPS) is 24.1. The highest BCUT2D eigenvalue weighted by molar-refractivity contribution is 5.83. The first-order valence-corrected chi connectivity index (χ1v) is 16.5. The second-order valence-electron chi connectivity index (χ2n) is 13.4. The molecule has 4 heterocycles. The highest BCUT2D eigenvalue weighted by Gasteiger charge is 2.45. The quantitative estimate of drug-likeness (QED) is 0.241. The van der Waals surface area contributed by atoms with E-state index in [4.69, 9.17) is 4.98 Å². The Morgan fingerprint density at radius 2 is 1.64 bits per heavy atom. The highest BCUT2D eigenvalue weighted by Crippen LogP contribution is 2.45. The zero-order chi connectivity index (χ0) is 31.1. The van der Waals surface area contributed by atoms with E-state index in [2.05, 4.69) is 56.9 Å². The van der Waals surface area contributed by atoms with Crippen molar-refractivity contribution in [1.29, 1.82) is 0 Å². The summed E-state index contributed by atoms with van der Waals surface area (Å²) in [6.45, 7) is 4.52. The number of piperidine rings is 2. The van der Waals surface area contributed by atoms with Crippen LogP contribution in [0.15, 0.2) is 72.8 Å². The number of aromatic nitrogens is 2. The number of hydrogen-bond donors (Lipinski definition) is 1. The summed E-state index contributed by atoms with van der Waals surface area (Å²) in [7, 11) is 1.65. The number of likely N-dealkylation sites (N-methyl/N-ethyl adjacent to an activating group) is 1. The van der Waals surface area contributed by atoms with E-state index in [1.807, 2.05) is 6.07 Å². The van der Waals surface area contributed by atoms with Crippen molar-refractivity contribution in [3.63, 3.8) is 0 Å². The third-order valence-corrected chi connectivity index (χ3v) is 11.1. The minimum atomic E-state index is -0.487. The van der Waals surface area contributed by atoms with E-state index in [0.717, 1.165) is 61.1 Å². The van der Waals surface area contributed by atoms with Crippen molar-refractivity contribution in [2.45, 2.75) is 81.5 Å². The number of aryl methyl sites for hydroxylation is 1. The Bertz CT molecular complexity index is 1650. The van der Waals surface area contributed by atoms with Crippen LogP contribution < -0.4 is 5.32 Å². The number of halogens is 2. The van der Waals surface area contributed by atoms with E-state index in [0.29, 0.717) is 31.2 Å². The molecule has 0 saturated carbocycles. The van der Waals surface area contributed by atoms with Gasteiger partial charge in [0.2, 0.25) is 5.91 Å². The molecule has 3 aliphatic rings. The van der Waals surface area contributed by atoms with Gasteiger partial charge in [-0.3, -0.25) is 14.6 Å². The van der Waals surface area contributed by atoms with Gasteiger partial charge >= 0.3 is 0 Å². The van der Waals surface area contributed by atoms with Gasteiger partial charge in [-0.2, -0.15) is 0 Å². The van der Waals surface area contributed by atoms with Crippen LogP contribution in [0.4, 0.5) is 8.78 Å². The molecule has 3 aromatic carbocycles. The Kier molecular flexibility index (Phi) is 8.21. The molecular weight excluding hydrogens is 568 g/mol. The lowest BCUT2D eigenvalue weighted by Crippen LogP contribution is -2.50. The minimum absolute atomic E-state index is 0.0970. The summed E-state index contributed by atoms with van der Waals surface area (Å²) in [4.78, 5) is 22.9. The van der Waals surface area contributed by atoms with Crippen LogP contribution in [0.25, 0.3) is 11.0 Å². The smallest absolute Gasteiger partial charge is 0.241 e. The molecular formula is C37H43F2N5O. The number of fused-ring (bicyclic) bond motifs is 3. The Morgan fingerprint density at radius 1 is 0.933 bits per heavy atom. The minimum Gasteiger partial charge on any atom is -0.358 e. The average molecular weight is 612 g/mol. The van der Waals surface area contributed by atoms with E-state index in [-0.39, 0.29) is 23.0 Å². The van der Waals surface area contributed by atoms with Crippen LogP contribution in [0.1, 0.15) is 74.0 Å². The van der Waals surface area contributed by atoms with E-state index < -0.39 is 6.04 Å². The predicted molar refractivity (Wildman–Crippen MR) is 173 cm³/mol. The lowest BCUT2D eigenvalue weighted by Gasteiger charge is -2.47. The molecule has 3 aliphatic heterocycles. The molecule has 3 saturated heterocycles. The number of nitrogens with one attached hydrogen (secondary N) is 1. The van der Waals surface area contributed by atoms with E-state index in [9.17, 15) is 13.6 Å². The van der Waals surface area contributed by atoms with Crippen LogP contribution in [0.5, 0.6) is 0 Å². The maximum atomic E-state index is 14.6. The Balaban J connectivity index is 1.09. The molecule has 2 unspecified atom stereocenters. The van der Waals surface area contributed by atoms with Gasteiger partial charge in [0.15, 0.2) is 0 Å². The van der Waals surface area contributed by atoms with Gasteiger partial charge in [0.25, 0.3) is 0 Å². The predicted octanol–water partition coefficient (Wildman–Crippen LogP) is 6.70. The molecule has 4 atom stereocenters. The van der Waals surface area contributed by atoms with Gasteiger partial charge in [-0.1, -0.05) is 36.4 Å². The molecule has 0 spiro atoms. The SMILES string of the molecule is CNC(=O)C(c1ccc(F)cc1)N1CCC(CCN2[C@@H]3CC[C@H]2CC(n2c(C)nc4ccccc42)C3)(c2cccc(F)c2)CC1. The van der Waals surface area contributed by atoms with E-state index in [1.54, 1.807) is 25.2 Å². The van der Waals surface area contributed by atoms with Crippen molar-refractivity contribution < 1.29 is 13.6 Å². The molecule has 6 nitrogen and oxygen atoms in total. The summed E-state index contributed by atoms with van der Waals surface area (Å²) in [5, 5.41) is 2.81. The van der Waals surface area contributed by atoms with Crippen molar-refractivity contribution in [1.82, 2.24) is 24.7 Å². The van der Waals surface area contributed by atoms with Gasteiger partial charge < -0.3 is 9.88 Å². The summed E-state index contributed by atoms with van der Waals surface area (Å²) in [5.74, 6) is 0.485. The molecule has 45 heavy (non-hydrogen) atoms. The fourth-order valence-electron chi connectivity index (χ4n) is 8.81. The zero-order valence-corrected chi connectivity index (χ0v) is 26.3. The molecule has 1 amide bonds. The van der Waals surface area contributed by atoms with Gasteiger partial charge in [-0.25, -0.2) is 13.8 Å². The third-order valence-electron chi connectivity index (χ3n) is 11.1. The van der Waals surface area contributed by atoms with Crippen LogP contribution in [0, 0.1) is 18.6 Å². The van der Waals surface area contributed by atoms with E-state index >= 15 is 0 Å². The lowest BCUT2D eigenvalue weighted by atomic mass is 9.70. The number of imidazole rings is 1. The summed E-state index contributed by atoms with van der Waals surface area (Å²) < 4.78 is 30.8. The number of likely N-dealkylation sites (tertiary alicyclic amines) is 1. The average Bonchev–Trinajstić information content (AvgIpc) is 3.51. The molecule has 0 aliphatic carbocycles. The van der Waals surface area contributed by atoms with Crippen molar-refractivity contribution >= 4 is 16.9 Å². The van der Waals surface area contributed by atoms with Crippen molar-refractivity contribution in [2.75, 3.05) is 26.7 Å². The van der Waals surface area contributed by atoms with Crippen LogP contribution in [0.3, 0.4) is 0 Å². The number of hydrogen-bond acceptors (Lipinski definition) is 4. The fourth-order valence-corrected chi connectivity index (χ4v) is 8.81. The number of carbonyl (C=O) groups excluding carboxylic acids is 1. The maximum absolute atomic E-state index is 14.6. The third kappa shape index (κ3) is 5.67. The van der Waals surface area contributed by atoms with Gasteiger partial charge in [-0.15, -0.1) is 0 Å². The van der Waals surface area contributed by atoms with Crippen LogP contribution in [-0.4, -0.2) is 64.0 Å². The molecule has 236 valence electrons. The largest absolute Gasteiger partial charge is 0.358 e. The Hall–Kier alpha value is -3.62. The van der Waals surface area contributed by atoms with Gasteiger partial charge in [-0.05, 0) is 111 Å². The first kappa shape index (κ1) is 30.1. The second-order valence-corrected chi connectivity index (χ2v) is 13.4. The van der Waals surface area contributed by atoms with Gasteiger partial charge in [0.05, 0.1) is 11.0 Å². The highest BCUT2D eigenvalue weighted by atomic mass is 19.1. The molecule has 1 N–H and O–H groups in total. The summed E-state index contributed by atoms with van der Waals surface area (Å²) >= 11 is 0. The van der Waals surface area contributed by atoms with Crippen molar-refractivity contribution in [2.24, 2.45) is 0 Å². The molecule has 0 radical (unpaired) electrons. The first-order valence-electron chi connectivity index (χ1n) is 16.5. The number of para-hydroxylation sites is 2. The molecule has 7 rings (SSSR count). The molecule has 8 heteroatoms. The van der Waals surface area contributed by atoms with Crippen molar-refractivity contribution in [3.05, 3.63) is 101 Å². The lowest BCUT2D eigenvalue weighted by molar-refractivity contribution is -0.127. The van der Waals surface area contributed by atoms with Gasteiger partial charge in [0.1, 0.15) is 23.5 Å². The number of carbonyl (C=O) groups is 1. The second kappa shape index (κ2) is 12.3. The Morgan fingerprint density at radius 3 is 2.33 bits per heavy atom. The summed E-state index contributed by atoms with van der Waals surface area (Å²) in [6.07, 6.45) is 7.32. The zero-order valence-electron chi connectivity index (χ0n) is 26.3. The summed E-state index contributed by atoms with van der Waals surface area (Å²) in [6, 6.07) is 22.9. The Labute approximate surface area is 264 Å². The topological polar surface area (TPSA) is 53.4 Å². The molecule has 2 bridgehead atoms. The monoisotopic (exact) mass is 611 g/mol.